The summed E-state index contributed by atoms with van der Waals surface area (Å²) in [6.07, 6.45) is 8.52. The zero-order valence-corrected chi connectivity index (χ0v) is 10.3. The van der Waals surface area contributed by atoms with Gasteiger partial charge >= 0.3 is 0 Å². The number of allylic oxidation sites excluding steroid dienone is 2. The highest BCUT2D eigenvalue weighted by Gasteiger charge is 2.15. The Morgan fingerprint density at radius 2 is 1.94 bits per heavy atom. The van der Waals surface area contributed by atoms with Crippen LogP contribution in [0.15, 0.2) is 28.5 Å². The minimum absolute atomic E-state index is 1.06. The van der Waals surface area contributed by atoms with Crippen LogP contribution in [0, 0.1) is 0 Å². The van der Waals surface area contributed by atoms with Gasteiger partial charge in [0, 0.05) is 38.6 Å². The maximum Gasteiger partial charge on any atom is 0.0552 e. The van der Waals surface area contributed by atoms with Crippen LogP contribution in [0.3, 0.4) is 0 Å². The van der Waals surface area contributed by atoms with E-state index in [1.807, 2.05) is 12.4 Å². The second kappa shape index (κ2) is 5.30. The standard InChI is InChI=1S/C13H21N3/c1-12-4-3-5-14-11-13(10-12)16-8-6-15(2)7-9-16/h5,10-11H,3-4,6-9H2,1-2H3. The average Bonchev–Trinajstić information content (AvgIpc) is 2.24. The van der Waals surface area contributed by atoms with E-state index in [-0.39, 0.29) is 0 Å². The molecule has 0 N–H and O–H groups in total. The van der Waals surface area contributed by atoms with Gasteiger partial charge in [0.15, 0.2) is 0 Å². The molecule has 0 amide bonds. The Labute approximate surface area is 98.1 Å². The minimum atomic E-state index is 1.06. The average molecular weight is 219 g/mol. The lowest BCUT2D eigenvalue weighted by Crippen LogP contribution is -2.43. The Morgan fingerprint density at radius 1 is 1.19 bits per heavy atom. The van der Waals surface area contributed by atoms with Crippen LogP contribution in [-0.2, 0) is 0 Å². The largest absolute Gasteiger partial charge is 0.368 e. The Balaban J connectivity index is 2.08. The molecule has 2 aliphatic rings. The molecule has 0 bridgehead atoms. The van der Waals surface area contributed by atoms with Crippen molar-refractivity contribution in [3.63, 3.8) is 0 Å². The molecule has 1 fully saturated rings. The maximum atomic E-state index is 4.35. The van der Waals surface area contributed by atoms with Crippen LogP contribution in [0.25, 0.3) is 0 Å². The fourth-order valence-electron chi connectivity index (χ4n) is 2.10. The van der Waals surface area contributed by atoms with Crippen LogP contribution >= 0.6 is 0 Å². The predicted octanol–water partition coefficient (Wildman–Crippen LogP) is 1.89. The van der Waals surface area contributed by atoms with Crippen molar-refractivity contribution in [1.29, 1.82) is 0 Å². The first-order chi connectivity index (χ1) is 7.75. The first kappa shape index (κ1) is 11.4. The molecule has 3 heteroatoms. The molecular formula is C13H21N3. The summed E-state index contributed by atoms with van der Waals surface area (Å²) < 4.78 is 0. The molecule has 0 aromatic rings. The first-order valence-electron chi connectivity index (χ1n) is 6.08. The molecule has 16 heavy (non-hydrogen) atoms. The highest BCUT2D eigenvalue weighted by atomic mass is 15.3. The lowest BCUT2D eigenvalue weighted by molar-refractivity contribution is 0.190. The summed E-state index contributed by atoms with van der Waals surface area (Å²) >= 11 is 0. The molecule has 0 radical (unpaired) electrons. The zero-order chi connectivity index (χ0) is 11.4. The fourth-order valence-corrected chi connectivity index (χ4v) is 2.10. The van der Waals surface area contributed by atoms with E-state index in [0.717, 1.165) is 39.0 Å². The van der Waals surface area contributed by atoms with Crippen molar-refractivity contribution in [2.45, 2.75) is 19.8 Å². The lowest BCUT2D eigenvalue weighted by Gasteiger charge is -2.34. The van der Waals surface area contributed by atoms with Crippen molar-refractivity contribution in [2.24, 2.45) is 4.99 Å². The number of likely N-dealkylation sites (N-methyl/N-ethyl adjacent to an activating group) is 1. The normalized spacial score (nSPS) is 23.5. The monoisotopic (exact) mass is 219 g/mol. The molecule has 0 aromatic heterocycles. The van der Waals surface area contributed by atoms with Crippen molar-refractivity contribution in [3.8, 4) is 0 Å². The van der Waals surface area contributed by atoms with E-state index in [1.54, 1.807) is 0 Å². The van der Waals surface area contributed by atoms with Gasteiger partial charge in [-0.05, 0) is 32.9 Å². The summed E-state index contributed by atoms with van der Waals surface area (Å²) in [4.78, 5) is 9.17. The van der Waals surface area contributed by atoms with Crippen LogP contribution in [0.4, 0.5) is 0 Å². The fraction of sp³-hybridized carbons (Fsp3) is 0.615. The van der Waals surface area contributed by atoms with Crippen molar-refractivity contribution in [2.75, 3.05) is 33.2 Å². The molecule has 3 nitrogen and oxygen atoms in total. The van der Waals surface area contributed by atoms with Gasteiger partial charge in [0.1, 0.15) is 0 Å². The summed E-state index contributed by atoms with van der Waals surface area (Å²) in [7, 11) is 2.18. The molecule has 0 aromatic carbocycles. The van der Waals surface area contributed by atoms with E-state index in [2.05, 4.69) is 34.8 Å². The molecule has 1 saturated heterocycles. The number of hydrogen-bond donors (Lipinski definition) is 0. The third-order valence-electron chi connectivity index (χ3n) is 3.24. The molecule has 2 rings (SSSR count). The SMILES string of the molecule is CC1=CC(N2CCN(C)CC2)=CN=CCC1. The molecular weight excluding hydrogens is 198 g/mol. The van der Waals surface area contributed by atoms with Gasteiger partial charge in [0.2, 0.25) is 0 Å². The van der Waals surface area contributed by atoms with Gasteiger partial charge < -0.3 is 9.80 Å². The van der Waals surface area contributed by atoms with Crippen LogP contribution in [-0.4, -0.2) is 49.2 Å². The van der Waals surface area contributed by atoms with E-state index in [0.29, 0.717) is 0 Å². The van der Waals surface area contributed by atoms with E-state index in [4.69, 9.17) is 0 Å². The number of aliphatic imine (C=N–C) groups is 1. The molecule has 0 aliphatic carbocycles. The highest BCUT2D eigenvalue weighted by Crippen LogP contribution is 2.16. The summed E-state index contributed by atoms with van der Waals surface area (Å²) in [6, 6.07) is 0. The maximum absolute atomic E-state index is 4.35. The zero-order valence-electron chi connectivity index (χ0n) is 10.3. The summed E-state index contributed by atoms with van der Waals surface area (Å²) in [5, 5.41) is 0. The van der Waals surface area contributed by atoms with Gasteiger partial charge in [-0.25, -0.2) is 0 Å². The number of piperazine rings is 1. The van der Waals surface area contributed by atoms with E-state index >= 15 is 0 Å². The van der Waals surface area contributed by atoms with Crippen molar-refractivity contribution in [1.82, 2.24) is 9.80 Å². The van der Waals surface area contributed by atoms with E-state index in [1.165, 1.54) is 11.3 Å². The van der Waals surface area contributed by atoms with E-state index in [9.17, 15) is 0 Å². The minimum Gasteiger partial charge on any atom is -0.368 e. The Kier molecular flexibility index (Phi) is 3.78. The van der Waals surface area contributed by atoms with Gasteiger partial charge in [-0.1, -0.05) is 5.57 Å². The second-order valence-electron chi connectivity index (χ2n) is 4.71. The predicted molar refractivity (Wildman–Crippen MR) is 68.6 cm³/mol. The van der Waals surface area contributed by atoms with Gasteiger partial charge in [-0.2, -0.15) is 0 Å². The molecule has 0 atom stereocenters. The Morgan fingerprint density at radius 3 is 2.69 bits per heavy atom. The molecule has 0 saturated carbocycles. The van der Waals surface area contributed by atoms with Crippen molar-refractivity contribution in [3.05, 3.63) is 23.5 Å². The second-order valence-corrected chi connectivity index (χ2v) is 4.71. The van der Waals surface area contributed by atoms with E-state index < -0.39 is 0 Å². The van der Waals surface area contributed by atoms with Gasteiger partial charge in [-0.15, -0.1) is 0 Å². The summed E-state index contributed by atoms with van der Waals surface area (Å²) in [6.45, 7) is 6.73. The van der Waals surface area contributed by atoms with Gasteiger partial charge in [0.05, 0.1) is 5.70 Å². The van der Waals surface area contributed by atoms with Gasteiger partial charge in [-0.3, -0.25) is 4.99 Å². The van der Waals surface area contributed by atoms with Crippen LogP contribution < -0.4 is 0 Å². The van der Waals surface area contributed by atoms with Crippen molar-refractivity contribution >= 4 is 6.21 Å². The van der Waals surface area contributed by atoms with Crippen LogP contribution in [0.1, 0.15) is 19.8 Å². The molecule has 0 spiro atoms. The summed E-state index contributed by atoms with van der Waals surface area (Å²) in [5.74, 6) is 0. The third-order valence-corrected chi connectivity index (χ3v) is 3.24. The molecule has 0 unspecified atom stereocenters. The Hall–Kier alpha value is -1.09. The summed E-state index contributed by atoms with van der Waals surface area (Å²) in [5.41, 5.74) is 2.73. The van der Waals surface area contributed by atoms with Gasteiger partial charge in [0.25, 0.3) is 0 Å². The molecule has 2 heterocycles. The lowest BCUT2D eigenvalue weighted by atomic mass is 10.1. The highest BCUT2D eigenvalue weighted by molar-refractivity contribution is 5.59. The quantitative estimate of drug-likeness (QED) is 0.670. The third kappa shape index (κ3) is 2.95. The number of rotatable bonds is 1. The van der Waals surface area contributed by atoms with Crippen LogP contribution in [0.2, 0.25) is 0 Å². The number of nitrogens with zero attached hydrogens (tertiary/aromatic N) is 3. The van der Waals surface area contributed by atoms with Crippen molar-refractivity contribution < 1.29 is 0 Å². The topological polar surface area (TPSA) is 18.8 Å². The smallest absolute Gasteiger partial charge is 0.0552 e. The first-order valence-corrected chi connectivity index (χ1v) is 6.08. The van der Waals surface area contributed by atoms with Crippen LogP contribution in [0.5, 0.6) is 0 Å². The Bertz CT molecular complexity index is 320. The molecule has 88 valence electrons. The molecule has 2 aliphatic heterocycles. The number of hydrogen-bond acceptors (Lipinski definition) is 3.